The van der Waals surface area contributed by atoms with Crippen molar-refractivity contribution in [3.8, 4) is 0 Å². The van der Waals surface area contributed by atoms with Crippen molar-refractivity contribution in [2.75, 3.05) is 19.6 Å². The topological polar surface area (TPSA) is 21.1 Å². The minimum Gasteiger partial charge on any atom is -0.334 e. The summed E-state index contributed by atoms with van der Waals surface area (Å²) in [6, 6.07) is 0. The first-order valence-electron chi connectivity index (χ1n) is 7.61. The molecule has 2 aliphatic rings. The molecule has 1 fully saturated rings. The van der Waals surface area contributed by atoms with E-state index in [2.05, 4.69) is 22.6 Å². The van der Waals surface area contributed by atoms with Crippen molar-refractivity contribution in [3.63, 3.8) is 0 Å². The van der Waals surface area contributed by atoms with E-state index in [1.165, 1.54) is 69.8 Å². The molecule has 0 aliphatic carbocycles. The highest BCUT2D eigenvalue weighted by atomic mass is 15.1. The lowest BCUT2D eigenvalue weighted by Crippen LogP contribution is -2.31. The molecule has 3 heterocycles. The van der Waals surface area contributed by atoms with E-state index in [1.807, 2.05) is 0 Å². The molecule has 0 radical (unpaired) electrons. The number of imidazole rings is 1. The minimum absolute atomic E-state index is 0.655. The third kappa shape index (κ3) is 2.61. The molecule has 3 heteroatoms. The Morgan fingerprint density at radius 2 is 2.00 bits per heavy atom. The number of nitrogens with zero attached hydrogens (tertiary/aromatic N) is 3. The van der Waals surface area contributed by atoms with Gasteiger partial charge in [-0.1, -0.05) is 13.3 Å². The van der Waals surface area contributed by atoms with Crippen LogP contribution >= 0.6 is 0 Å². The smallest absolute Gasteiger partial charge is 0.111 e. The van der Waals surface area contributed by atoms with Gasteiger partial charge in [0.05, 0.1) is 5.69 Å². The number of aromatic nitrogens is 2. The van der Waals surface area contributed by atoms with E-state index in [-0.39, 0.29) is 0 Å². The van der Waals surface area contributed by atoms with Gasteiger partial charge in [-0.15, -0.1) is 0 Å². The molecular formula is C15H25N3. The molecule has 1 aromatic rings. The van der Waals surface area contributed by atoms with Crippen LogP contribution in [0.1, 0.15) is 56.5 Å². The van der Waals surface area contributed by atoms with Crippen LogP contribution < -0.4 is 0 Å². The molecule has 0 bridgehead atoms. The molecule has 0 N–H and O–H groups in total. The normalized spacial score (nSPS) is 25.1. The van der Waals surface area contributed by atoms with E-state index in [1.54, 1.807) is 0 Å². The second-order valence-electron chi connectivity index (χ2n) is 5.98. The lowest BCUT2D eigenvalue weighted by atomic mass is 10.0. The van der Waals surface area contributed by atoms with Crippen molar-refractivity contribution < 1.29 is 0 Å². The van der Waals surface area contributed by atoms with Gasteiger partial charge >= 0.3 is 0 Å². The van der Waals surface area contributed by atoms with Crippen molar-refractivity contribution >= 4 is 0 Å². The SMILES string of the molecule is CC1CCCn2cc(CCN3CCCCC3)nc21. The summed E-state index contributed by atoms with van der Waals surface area (Å²) in [7, 11) is 0. The number of likely N-dealkylation sites (tertiary alicyclic amines) is 1. The number of rotatable bonds is 3. The summed E-state index contributed by atoms with van der Waals surface area (Å²) in [6.45, 7) is 7.28. The first kappa shape index (κ1) is 12.2. The van der Waals surface area contributed by atoms with Crippen molar-refractivity contribution in [1.29, 1.82) is 0 Å². The monoisotopic (exact) mass is 247 g/mol. The van der Waals surface area contributed by atoms with Crippen LogP contribution in [-0.4, -0.2) is 34.1 Å². The molecule has 2 aliphatic heterocycles. The standard InChI is InChI=1S/C15H25N3/c1-13-6-5-10-18-12-14(16-15(13)18)7-11-17-8-3-2-4-9-17/h12-13H,2-11H2,1H3. The highest BCUT2D eigenvalue weighted by molar-refractivity contribution is 5.10. The summed E-state index contributed by atoms with van der Waals surface area (Å²) < 4.78 is 2.39. The lowest BCUT2D eigenvalue weighted by molar-refractivity contribution is 0.231. The van der Waals surface area contributed by atoms with E-state index in [4.69, 9.17) is 4.98 Å². The number of piperidine rings is 1. The summed E-state index contributed by atoms with van der Waals surface area (Å²) in [6.07, 6.45) is 10.3. The zero-order chi connectivity index (χ0) is 12.4. The first-order chi connectivity index (χ1) is 8.83. The Morgan fingerprint density at radius 3 is 2.78 bits per heavy atom. The number of aryl methyl sites for hydroxylation is 1. The summed E-state index contributed by atoms with van der Waals surface area (Å²) in [4.78, 5) is 7.45. The average molecular weight is 247 g/mol. The van der Waals surface area contributed by atoms with Crippen molar-refractivity contribution in [2.24, 2.45) is 0 Å². The van der Waals surface area contributed by atoms with Crippen LogP contribution in [0, 0.1) is 0 Å². The number of hydrogen-bond donors (Lipinski definition) is 0. The molecule has 0 spiro atoms. The Balaban J connectivity index is 1.59. The maximum absolute atomic E-state index is 4.85. The average Bonchev–Trinajstić information content (AvgIpc) is 2.82. The van der Waals surface area contributed by atoms with E-state index in [0.717, 1.165) is 6.42 Å². The zero-order valence-electron chi connectivity index (χ0n) is 11.6. The minimum atomic E-state index is 0.655. The molecule has 1 aromatic heterocycles. The van der Waals surface area contributed by atoms with Crippen LogP contribution in [0.5, 0.6) is 0 Å². The van der Waals surface area contributed by atoms with Crippen LogP contribution in [-0.2, 0) is 13.0 Å². The maximum atomic E-state index is 4.85. The van der Waals surface area contributed by atoms with E-state index in [9.17, 15) is 0 Å². The van der Waals surface area contributed by atoms with Crippen molar-refractivity contribution in [2.45, 2.75) is 57.9 Å². The van der Waals surface area contributed by atoms with Crippen molar-refractivity contribution in [1.82, 2.24) is 14.5 Å². The van der Waals surface area contributed by atoms with Gasteiger partial charge in [0.1, 0.15) is 5.82 Å². The van der Waals surface area contributed by atoms with Gasteiger partial charge in [-0.2, -0.15) is 0 Å². The Labute approximate surface area is 110 Å². The van der Waals surface area contributed by atoms with Gasteiger partial charge in [-0.3, -0.25) is 0 Å². The Bertz CT molecular complexity index is 390. The predicted octanol–water partition coefficient (Wildman–Crippen LogP) is 2.81. The van der Waals surface area contributed by atoms with Crippen LogP contribution in [0.2, 0.25) is 0 Å². The van der Waals surface area contributed by atoms with E-state index in [0.29, 0.717) is 5.92 Å². The molecule has 3 rings (SSSR count). The molecule has 18 heavy (non-hydrogen) atoms. The van der Waals surface area contributed by atoms with Gasteiger partial charge < -0.3 is 9.47 Å². The predicted molar refractivity (Wildman–Crippen MR) is 73.9 cm³/mol. The fraction of sp³-hybridized carbons (Fsp3) is 0.800. The van der Waals surface area contributed by atoms with E-state index < -0.39 is 0 Å². The summed E-state index contributed by atoms with van der Waals surface area (Å²) in [5.41, 5.74) is 1.31. The Kier molecular flexibility index (Phi) is 3.69. The van der Waals surface area contributed by atoms with Gasteiger partial charge in [0, 0.05) is 31.6 Å². The molecule has 1 saturated heterocycles. The van der Waals surface area contributed by atoms with Crippen LogP contribution in [0.3, 0.4) is 0 Å². The molecule has 0 aromatic carbocycles. The molecule has 0 saturated carbocycles. The fourth-order valence-corrected chi connectivity index (χ4v) is 3.33. The zero-order valence-corrected chi connectivity index (χ0v) is 11.6. The maximum Gasteiger partial charge on any atom is 0.111 e. The molecule has 1 atom stereocenters. The Morgan fingerprint density at radius 1 is 1.17 bits per heavy atom. The second kappa shape index (κ2) is 5.43. The quantitative estimate of drug-likeness (QED) is 0.819. The Hall–Kier alpha value is -0.830. The first-order valence-corrected chi connectivity index (χ1v) is 7.61. The molecule has 100 valence electrons. The van der Waals surface area contributed by atoms with Gasteiger partial charge in [-0.05, 0) is 38.8 Å². The summed E-state index contributed by atoms with van der Waals surface area (Å²) in [5.74, 6) is 1.98. The highest BCUT2D eigenvalue weighted by Crippen LogP contribution is 2.26. The third-order valence-electron chi connectivity index (χ3n) is 4.47. The molecule has 0 amide bonds. The molecule has 1 unspecified atom stereocenters. The number of hydrogen-bond acceptors (Lipinski definition) is 2. The van der Waals surface area contributed by atoms with Gasteiger partial charge in [-0.25, -0.2) is 4.98 Å². The van der Waals surface area contributed by atoms with Crippen molar-refractivity contribution in [3.05, 3.63) is 17.7 Å². The lowest BCUT2D eigenvalue weighted by Gasteiger charge is -2.25. The van der Waals surface area contributed by atoms with Crippen LogP contribution in [0.4, 0.5) is 0 Å². The molecular weight excluding hydrogens is 222 g/mol. The van der Waals surface area contributed by atoms with E-state index >= 15 is 0 Å². The fourth-order valence-electron chi connectivity index (χ4n) is 3.33. The summed E-state index contributed by atoms with van der Waals surface area (Å²) >= 11 is 0. The van der Waals surface area contributed by atoms with Crippen LogP contribution in [0.15, 0.2) is 6.20 Å². The largest absolute Gasteiger partial charge is 0.334 e. The number of fused-ring (bicyclic) bond motifs is 1. The summed E-state index contributed by atoms with van der Waals surface area (Å²) in [5, 5.41) is 0. The van der Waals surface area contributed by atoms with Gasteiger partial charge in [0.15, 0.2) is 0 Å². The molecule has 3 nitrogen and oxygen atoms in total. The van der Waals surface area contributed by atoms with Gasteiger partial charge in [0.25, 0.3) is 0 Å². The third-order valence-corrected chi connectivity index (χ3v) is 4.47. The second-order valence-corrected chi connectivity index (χ2v) is 5.98. The van der Waals surface area contributed by atoms with Gasteiger partial charge in [0.2, 0.25) is 0 Å². The van der Waals surface area contributed by atoms with Crippen LogP contribution in [0.25, 0.3) is 0 Å². The highest BCUT2D eigenvalue weighted by Gasteiger charge is 2.19.